The molecule has 3 rings (SSSR count). The predicted molar refractivity (Wildman–Crippen MR) is 75.6 cm³/mol. The summed E-state index contributed by atoms with van der Waals surface area (Å²) < 4.78 is 6.79. The van der Waals surface area contributed by atoms with E-state index in [0.717, 1.165) is 6.42 Å². The fourth-order valence-corrected chi connectivity index (χ4v) is 3.27. The summed E-state index contributed by atoms with van der Waals surface area (Å²) >= 11 is 0. The lowest BCUT2D eigenvalue weighted by molar-refractivity contribution is 0.0583. The second kappa shape index (κ2) is 4.47. The van der Waals surface area contributed by atoms with Crippen LogP contribution in [0.15, 0.2) is 36.8 Å². The van der Waals surface area contributed by atoms with Gasteiger partial charge in [0.1, 0.15) is 5.69 Å². The number of esters is 1. The Kier molecular flexibility index (Phi) is 2.89. The summed E-state index contributed by atoms with van der Waals surface area (Å²) in [4.78, 5) is 16.0. The third-order valence-electron chi connectivity index (χ3n) is 4.07. The lowest BCUT2D eigenvalue weighted by Gasteiger charge is -2.29. The van der Waals surface area contributed by atoms with Crippen molar-refractivity contribution in [3.05, 3.63) is 53.6 Å². The van der Waals surface area contributed by atoms with Crippen molar-refractivity contribution in [1.29, 1.82) is 0 Å². The number of methoxy groups -OCH3 is 1. The Bertz CT molecular complexity index is 658. The Labute approximate surface area is 118 Å². The van der Waals surface area contributed by atoms with Crippen LogP contribution in [0.1, 0.15) is 41.5 Å². The second-order valence-corrected chi connectivity index (χ2v) is 5.94. The first-order chi connectivity index (χ1) is 9.54. The molecule has 1 heterocycles. The van der Waals surface area contributed by atoms with E-state index in [4.69, 9.17) is 4.74 Å². The molecule has 2 aromatic rings. The normalized spacial score (nSPS) is 19.6. The summed E-state index contributed by atoms with van der Waals surface area (Å²) in [6, 6.07) is 8.51. The van der Waals surface area contributed by atoms with Crippen molar-refractivity contribution in [3.8, 4) is 0 Å². The molecule has 0 N–H and O–H groups in total. The molecule has 1 aromatic carbocycles. The average Bonchev–Trinajstić information content (AvgIpc) is 2.97. The third kappa shape index (κ3) is 1.83. The zero-order valence-electron chi connectivity index (χ0n) is 12.0. The van der Waals surface area contributed by atoms with Crippen molar-refractivity contribution in [2.45, 2.75) is 26.3 Å². The molecule has 20 heavy (non-hydrogen) atoms. The fourth-order valence-electron chi connectivity index (χ4n) is 3.27. The molecule has 0 saturated heterocycles. The number of hydrogen-bond donors (Lipinski definition) is 0. The first kappa shape index (κ1) is 12.9. The van der Waals surface area contributed by atoms with Crippen LogP contribution in [-0.2, 0) is 11.2 Å². The number of imidazole rings is 1. The molecule has 1 atom stereocenters. The zero-order valence-corrected chi connectivity index (χ0v) is 12.0. The summed E-state index contributed by atoms with van der Waals surface area (Å²) in [5.41, 5.74) is 3.14. The Morgan fingerprint density at radius 1 is 1.40 bits per heavy atom. The summed E-state index contributed by atoms with van der Waals surface area (Å²) in [6.45, 7) is 4.44. The topological polar surface area (TPSA) is 44.1 Å². The van der Waals surface area contributed by atoms with Gasteiger partial charge in [-0.1, -0.05) is 38.1 Å². The van der Waals surface area contributed by atoms with Crippen LogP contribution in [0, 0.1) is 5.41 Å². The molecule has 0 bridgehead atoms. The molecule has 0 fully saturated rings. The van der Waals surface area contributed by atoms with E-state index >= 15 is 0 Å². The Hall–Kier alpha value is -2.10. The van der Waals surface area contributed by atoms with Gasteiger partial charge in [0.15, 0.2) is 0 Å². The van der Waals surface area contributed by atoms with Crippen molar-refractivity contribution in [2.24, 2.45) is 5.41 Å². The van der Waals surface area contributed by atoms with E-state index in [1.54, 1.807) is 12.5 Å². The third-order valence-corrected chi connectivity index (χ3v) is 4.07. The number of ether oxygens (including phenoxy) is 1. The van der Waals surface area contributed by atoms with E-state index in [2.05, 4.69) is 37.0 Å². The van der Waals surface area contributed by atoms with Crippen LogP contribution in [0.4, 0.5) is 0 Å². The number of fused-ring (bicyclic) bond motifs is 1. The first-order valence-corrected chi connectivity index (χ1v) is 6.72. The van der Waals surface area contributed by atoms with Gasteiger partial charge in [-0.2, -0.15) is 0 Å². The predicted octanol–water partition coefficient (Wildman–Crippen LogP) is 2.84. The van der Waals surface area contributed by atoms with Crippen molar-refractivity contribution >= 4 is 5.97 Å². The molecule has 0 unspecified atom stereocenters. The molecule has 4 heteroatoms. The van der Waals surface area contributed by atoms with Crippen molar-refractivity contribution in [1.82, 2.24) is 9.55 Å². The Balaban J connectivity index is 2.14. The minimum absolute atomic E-state index is 0.0349. The van der Waals surface area contributed by atoms with Gasteiger partial charge in [0, 0.05) is 0 Å². The van der Waals surface area contributed by atoms with E-state index < -0.39 is 0 Å². The van der Waals surface area contributed by atoms with E-state index in [9.17, 15) is 4.79 Å². The van der Waals surface area contributed by atoms with Gasteiger partial charge in [0.05, 0.1) is 25.7 Å². The minimum Gasteiger partial charge on any atom is -0.464 e. The number of aromatic nitrogens is 2. The molecule has 1 aliphatic carbocycles. The molecule has 0 saturated carbocycles. The Morgan fingerprint density at radius 2 is 2.15 bits per heavy atom. The van der Waals surface area contributed by atoms with E-state index in [1.165, 1.54) is 18.2 Å². The number of carbonyl (C=O) groups excluding carboxylic acids is 1. The summed E-state index contributed by atoms with van der Waals surface area (Å²) in [7, 11) is 1.40. The van der Waals surface area contributed by atoms with Gasteiger partial charge in [-0.05, 0) is 23.0 Å². The molecule has 0 radical (unpaired) electrons. The van der Waals surface area contributed by atoms with Gasteiger partial charge in [-0.15, -0.1) is 0 Å². The minimum atomic E-state index is -0.345. The Morgan fingerprint density at radius 3 is 2.90 bits per heavy atom. The smallest absolute Gasteiger partial charge is 0.356 e. The van der Waals surface area contributed by atoms with E-state index in [0.29, 0.717) is 5.69 Å². The molecular formula is C16H18N2O2. The zero-order chi connectivity index (χ0) is 14.3. The first-order valence-electron chi connectivity index (χ1n) is 6.72. The molecule has 0 spiro atoms. The highest BCUT2D eigenvalue weighted by atomic mass is 16.5. The van der Waals surface area contributed by atoms with Crippen molar-refractivity contribution < 1.29 is 9.53 Å². The number of rotatable bonds is 2. The number of hydrogen-bond acceptors (Lipinski definition) is 3. The van der Waals surface area contributed by atoms with Crippen molar-refractivity contribution in [2.75, 3.05) is 7.11 Å². The van der Waals surface area contributed by atoms with Gasteiger partial charge in [-0.25, -0.2) is 9.78 Å². The molecule has 4 nitrogen and oxygen atoms in total. The molecule has 104 valence electrons. The van der Waals surface area contributed by atoms with Gasteiger partial charge in [-0.3, -0.25) is 0 Å². The summed E-state index contributed by atoms with van der Waals surface area (Å²) in [5, 5.41) is 0. The highest BCUT2D eigenvalue weighted by molar-refractivity contribution is 5.87. The number of carbonyl (C=O) groups is 1. The van der Waals surface area contributed by atoms with Crippen molar-refractivity contribution in [3.63, 3.8) is 0 Å². The van der Waals surface area contributed by atoms with Gasteiger partial charge in [0.25, 0.3) is 0 Å². The van der Waals surface area contributed by atoms with Gasteiger partial charge >= 0.3 is 5.97 Å². The van der Waals surface area contributed by atoms with Crippen LogP contribution in [0.5, 0.6) is 0 Å². The monoisotopic (exact) mass is 270 g/mol. The molecule has 1 aromatic heterocycles. The number of benzene rings is 1. The largest absolute Gasteiger partial charge is 0.464 e. The maximum absolute atomic E-state index is 11.9. The fraction of sp³-hybridized carbons (Fsp3) is 0.375. The van der Waals surface area contributed by atoms with Gasteiger partial charge in [0.2, 0.25) is 0 Å². The molecular weight excluding hydrogens is 252 g/mol. The number of nitrogens with zero attached hydrogens (tertiary/aromatic N) is 2. The van der Waals surface area contributed by atoms with Crippen LogP contribution in [0.25, 0.3) is 0 Å². The summed E-state index contributed by atoms with van der Waals surface area (Å²) in [5.74, 6) is -0.345. The lowest BCUT2D eigenvalue weighted by Crippen LogP contribution is -2.26. The average molecular weight is 270 g/mol. The van der Waals surface area contributed by atoms with Crippen LogP contribution in [-0.4, -0.2) is 22.6 Å². The SMILES string of the molecule is COC(=O)c1cncn1[C@H]1c2ccccc2CC1(C)C. The van der Waals surface area contributed by atoms with Crippen LogP contribution >= 0.6 is 0 Å². The maximum Gasteiger partial charge on any atom is 0.356 e. The highest BCUT2D eigenvalue weighted by Gasteiger charge is 2.41. The van der Waals surface area contributed by atoms with E-state index in [-0.39, 0.29) is 17.4 Å². The van der Waals surface area contributed by atoms with Crippen LogP contribution in [0.3, 0.4) is 0 Å². The lowest BCUT2D eigenvalue weighted by atomic mass is 9.85. The standard InChI is InChI=1S/C16H18N2O2/c1-16(2)8-11-6-4-5-7-12(11)14(16)18-10-17-9-13(18)15(19)20-3/h4-7,9-10,14H,8H2,1-3H3/t14-/m0/s1. The molecule has 1 aliphatic rings. The van der Waals surface area contributed by atoms with E-state index in [1.807, 2.05) is 10.6 Å². The van der Waals surface area contributed by atoms with Crippen LogP contribution in [0.2, 0.25) is 0 Å². The molecule has 0 amide bonds. The van der Waals surface area contributed by atoms with Crippen LogP contribution < -0.4 is 0 Å². The quantitative estimate of drug-likeness (QED) is 0.788. The maximum atomic E-state index is 11.9. The van der Waals surface area contributed by atoms with Gasteiger partial charge < -0.3 is 9.30 Å². The second-order valence-electron chi connectivity index (χ2n) is 5.94. The molecule has 0 aliphatic heterocycles. The summed E-state index contributed by atoms with van der Waals surface area (Å²) in [6.07, 6.45) is 4.29. The highest BCUT2D eigenvalue weighted by Crippen LogP contribution is 2.47.